The van der Waals surface area contributed by atoms with Gasteiger partial charge in [0.05, 0.1) is 12.3 Å². The van der Waals surface area contributed by atoms with Crippen molar-refractivity contribution >= 4 is 23.4 Å². The molecule has 0 atom stereocenters. The van der Waals surface area contributed by atoms with Gasteiger partial charge in [0.2, 0.25) is 5.16 Å². The minimum absolute atomic E-state index is 0.782. The molecule has 0 unspecified atom stereocenters. The number of hydrogen-bond acceptors (Lipinski definition) is 4. The maximum absolute atomic E-state index is 5.83. The Kier molecular flexibility index (Phi) is 4.98. The summed E-state index contributed by atoms with van der Waals surface area (Å²) in [6.07, 6.45) is 0. The van der Waals surface area contributed by atoms with Crippen molar-refractivity contribution in [3.63, 3.8) is 0 Å². The van der Waals surface area contributed by atoms with Gasteiger partial charge in [-0.2, -0.15) is 0 Å². The van der Waals surface area contributed by atoms with Gasteiger partial charge in [0.25, 0.3) is 0 Å². The molecule has 0 aliphatic carbocycles. The molecule has 0 bridgehead atoms. The van der Waals surface area contributed by atoms with Crippen LogP contribution in [0.3, 0.4) is 0 Å². The molecule has 1 heterocycles. The van der Waals surface area contributed by atoms with Crippen molar-refractivity contribution in [1.29, 1.82) is 0 Å². The molecule has 0 aliphatic heterocycles. The molecule has 5 nitrogen and oxygen atoms in total. The van der Waals surface area contributed by atoms with Crippen LogP contribution < -0.4 is 5.32 Å². The smallest absolute Gasteiger partial charge is 0.209 e. The summed E-state index contributed by atoms with van der Waals surface area (Å²) in [4.78, 5) is 0. The van der Waals surface area contributed by atoms with E-state index in [4.69, 9.17) is 11.6 Å². The van der Waals surface area contributed by atoms with Crippen LogP contribution in [0, 0.1) is 0 Å². The Morgan fingerprint density at radius 1 is 1.33 bits per heavy atom. The number of halogens is 1. The summed E-state index contributed by atoms with van der Waals surface area (Å²) in [6.45, 7) is 1.99. The van der Waals surface area contributed by atoms with E-state index >= 15 is 0 Å². The first-order valence-corrected chi connectivity index (χ1v) is 7.03. The minimum Gasteiger partial charge on any atom is -0.342 e. The molecule has 2 N–H and O–H groups in total. The molecule has 7 heteroatoms. The molecule has 0 fully saturated rings. The molecule has 0 saturated carbocycles. The number of tetrazole rings is 1. The molecule has 2 aromatic rings. The fraction of sp³-hybridized carbons (Fsp3) is 0.364. The Hall–Kier alpha value is -1.11. The summed E-state index contributed by atoms with van der Waals surface area (Å²) in [5.41, 5.74) is 1.28. The van der Waals surface area contributed by atoms with Gasteiger partial charge in [-0.05, 0) is 22.6 Å². The van der Waals surface area contributed by atoms with Crippen LogP contribution in [0.15, 0.2) is 29.4 Å². The topological polar surface area (TPSA) is 60.2 Å². The first-order valence-electron chi connectivity index (χ1n) is 5.67. The zero-order chi connectivity index (χ0) is 12.8. The van der Waals surface area contributed by atoms with E-state index in [-0.39, 0.29) is 0 Å². The number of aromatic nitrogens is 4. The molecule has 1 aromatic carbocycles. The first-order chi connectivity index (χ1) is 8.75. The minimum atomic E-state index is 0.782. The second-order valence-electron chi connectivity index (χ2n) is 3.84. The molecule has 2 rings (SSSR count). The highest BCUT2D eigenvalue weighted by Gasteiger charge is 2.03. The van der Waals surface area contributed by atoms with Crippen LogP contribution in [0.4, 0.5) is 0 Å². The Labute approximate surface area is 115 Å². The van der Waals surface area contributed by atoms with Gasteiger partial charge in [-0.15, -0.1) is 5.10 Å². The van der Waals surface area contributed by atoms with E-state index in [2.05, 4.69) is 33.0 Å². The first kappa shape index (κ1) is 13.3. The van der Waals surface area contributed by atoms with Gasteiger partial charge in [-0.3, -0.25) is 0 Å². The molecule has 0 saturated heterocycles. The third kappa shape index (κ3) is 3.97. The second kappa shape index (κ2) is 6.72. The van der Waals surface area contributed by atoms with Gasteiger partial charge in [-0.25, -0.2) is 4.68 Å². The average molecular weight is 285 g/mol. The number of benzene rings is 1. The molecule has 0 spiro atoms. The zero-order valence-electron chi connectivity index (χ0n) is 10.1. The van der Waals surface area contributed by atoms with Crippen molar-refractivity contribution < 1.29 is 5.32 Å². The standard InChI is InChI=1S/C11H14ClN5S/c1-17-11(14-15-16-17)18-7-6-13-8-9-2-4-10(12)5-3-9/h2-5,13H,6-8H2,1H3/p+1. The van der Waals surface area contributed by atoms with E-state index in [9.17, 15) is 0 Å². The van der Waals surface area contributed by atoms with E-state index in [1.165, 1.54) is 5.56 Å². The lowest BCUT2D eigenvalue weighted by molar-refractivity contribution is -0.666. The van der Waals surface area contributed by atoms with Crippen LogP contribution in [0.1, 0.15) is 5.56 Å². The van der Waals surface area contributed by atoms with Crippen molar-refractivity contribution in [1.82, 2.24) is 20.2 Å². The van der Waals surface area contributed by atoms with E-state index in [0.29, 0.717) is 0 Å². The molecule has 0 radical (unpaired) electrons. The highest BCUT2D eigenvalue weighted by Crippen LogP contribution is 2.10. The Bertz CT molecular complexity index is 484. The van der Waals surface area contributed by atoms with Crippen molar-refractivity contribution in [3.8, 4) is 0 Å². The van der Waals surface area contributed by atoms with E-state index < -0.39 is 0 Å². The zero-order valence-corrected chi connectivity index (χ0v) is 11.7. The quantitative estimate of drug-likeness (QED) is 0.627. The van der Waals surface area contributed by atoms with Gasteiger partial charge in [0, 0.05) is 17.6 Å². The van der Waals surface area contributed by atoms with Gasteiger partial charge in [-0.1, -0.05) is 35.5 Å². The number of hydrogen-bond donors (Lipinski definition) is 1. The predicted molar refractivity (Wildman–Crippen MR) is 71.5 cm³/mol. The van der Waals surface area contributed by atoms with Gasteiger partial charge in [0.1, 0.15) is 6.54 Å². The fourth-order valence-corrected chi connectivity index (χ4v) is 2.38. The van der Waals surface area contributed by atoms with Gasteiger partial charge < -0.3 is 5.32 Å². The molecule has 1 aromatic heterocycles. The Morgan fingerprint density at radius 3 is 2.78 bits per heavy atom. The summed E-state index contributed by atoms with van der Waals surface area (Å²) >= 11 is 7.50. The number of nitrogens with zero attached hydrogens (tertiary/aromatic N) is 4. The Balaban J connectivity index is 1.64. The van der Waals surface area contributed by atoms with Crippen molar-refractivity contribution in [2.45, 2.75) is 11.7 Å². The van der Waals surface area contributed by atoms with E-state index in [0.717, 1.165) is 29.0 Å². The normalized spacial score (nSPS) is 10.8. The predicted octanol–water partition coefficient (Wildman–Crippen LogP) is 0.719. The summed E-state index contributed by atoms with van der Waals surface area (Å²) in [5.74, 6) is 0.988. The number of thioether (sulfide) groups is 1. The highest BCUT2D eigenvalue weighted by atomic mass is 35.5. The summed E-state index contributed by atoms with van der Waals surface area (Å²) in [7, 11) is 1.85. The lowest BCUT2D eigenvalue weighted by Crippen LogP contribution is -2.83. The second-order valence-corrected chi connectivity index (χ2v) is 5.34. The molecular weight excluding hydrogens is 270 g/mol. The number of rotatable bonds is 6. The van der Waals surface area contributed by atoms with Crippen molar-refractivity contribution in [2.24, 2.45) is 7.05 Å². The average Bonchev–Trinajstić information content (AvgIpc) is 2.77. The lowest BCUT2D eigenvalue weighted by atomic mass is 10.2. The van der Waals surface area contributed by atoms with Crippen LogP contribution in [-0.2, 0) is 13.6 Å². The van der Waals surface area contributed by atoms with Gasteiger partial charge >= 0.3 is 0 Å². The monoisotopic (exact) mass is 284 g/mol. The van der Waals surface area contributed by atoms with Crippen LogP contribution in [0.25, 0.3) is 0 Å². The third-order valence-corrected chi connectivity index (χ3v) is 3.72. The number of aryl methyl sites for hydroxylation is 1. The number of nitrogens with two attached hydrogens (primary N) is 1. The number of quaternary nitrogens is 1. The fourth-order valence-electron chi connectivity index (χ4n) is 1.47. The summed E-state index contributed by atoms with van der Waals surface area (Å²) in [6, 6.07) is 7.95. The molecule has 0 aliphatic rings. The maximum atomic E-state index is 5.83. The van der Waals surface area contributed by atoms with E-state index in [1.54, 1.807) is 16.4 Å². The molecule has 96 valence electrons. The van der Waals surface area contributed by atoms with Crippen LogP contribution >= 0.6 is 23.4 Å². The molecule has 0 amide bonds. The van der Waals surface area contributed by atoms with Crippen LogP contribution in [-0.4, -0.2) is 32.5 Å². The van der Waals surface area contributed by atoms with Crippen LogP contribution in [0.5, 0.6) is 0 Å². The third-order valence-electron chi connectivity index (χ3n) is 2.43. The van der Waals surface area contributed by atoms with E-state index in [1.807, 2.05) is 19.2 Å². The largest absolute Gasteiger partial charge is 0.342 e. The molecular formula is C11H15ClN5S+. The van der Waals surface area contributed by atoms with Crippen LogP contribution in [0.2, 0.25) is 5.02 Å². The van der Waals surface area contributed by atoms with Crippen molar-refractivity contribution in [3.05, 3.63) is 34.9 Å². The van der Waals surface area contributed by atoms with Gasteiger partial charge in [0.15, 0.2) is 0 Å². The Morgan fingerprint density at radius 2 is 2.11 bits per heavy atom. The summed E-state index contributed by atoms with van der Waals surface area (Å²) in [5, 5.41) is 15.2. The lowest BCUT2D eigenvalue weighted by Gasteiger charge is -2.01. The molecule has 18 heavy (non-hydrogen) atoms. The SMILES string of the molecule is Cn1nnnc1SCC[NH2+]Cc1ccc(Cl)cc1. The maximum Gasteiger partial charge on any atom is 0.209 e. The van der Waals surface area contributed by atoms with Crippen molar-refractivity contribution in [2.75, 3.05) is 12.3 Å². The summed E-state index contributed by atoms with van der Waals surface area (Å²) < 4.78 is 1.68. The highest BCUT2D eigenvalue weighted by molar-refractivity contribution is 7.99.